The zero-order valence-electron chi connectivity index (χ0n) is 9.64. The topological polar surface area (TPSA) is 57.9 Å². The van der Waals surface area contributed by atoms with E-state index in [1.54, 1.807) is 37.6 Å². The highest BCUT2D eigenvalue weighted by Crippen LogP contribution is 2.28. The normalized spacial score (nSPS) is 9.61. The summed E-state index contributed by atoms with van der Waals surface area (Å²) in [4.78, 5) is 3.90. The van der Waals surface area contributed by atoms with Gasteiger partial charge in [0.2, 0.25) is 0 Å². The average Bonchev–Trinajstić information content (AvgIpc) is 2.41. The van der Waals surface area contributed by atoms with Crippen molar-refractivity contribution >= 4 is 23.0 Å². The number of aromatic nitrogens is 1. The van der Waals surface area contributed by atoms with Crippen LogP contribution in [-0.2, 0) is 0 Å². The summed E-state index contributed by atoms with van der Waals surface area (Å²) in [5.41, 5.74) is 1.97. The van der Waals surface area contributed by atoms with Crippen LogP contribution in [0.3, 0.4) is 0 Å². The Morgan fingerprint density at radius 1 is 1.28 bits per heavy atom. The van der Waals surface area contributed by atoms with Gasteiger partial charge in [0.15, 0.2) is 0 Å². The third-order valence-electron chi connectivity index (χ3n) is 2.31. The molecule has 0 amide bonds. The predicted molar refractivity (Wildman–Crippen MR) is 70.2 cm³/mol. The van der Waals surface area contributed by atoms with Crippen LogP contribution in [0, 0.1) is 11.3 Å². The van der Waals surface area contributed by atoms with Crippen LogP contribution in [-0.4, -0.2) is 12.1 Å². The number of benzene rings is 1. The minimum atomic E-state index is 0.362. The largest absolute Gasteiger partial charge is 0.495 e. The van der Waals surface area contributed by atoms with E-state index in [0.717, 1.165) is 11.4 Å². The number of pyridine rings is 1. The molecule has 0 fully saturated rings. The molecule has 0 bridgehead atoms. The minimum absolute atomic E-state index is 0.362. The van der Waals surface area contributed by atoms with Crippen LogP contribution in [0.5, 0.6) is 5.75 Å². The van der Waals surface area contributed by atoms with Gasteiger partial charge in [-0.25, -0.2) is 4.98 Å². The first-order valence-corrected chi connectivity index (χ1v) is 5.57. The summed E-state index contributed by atoms with van der Waals surface area (Å²) in [5, 5.41) is 12.5. The Labute approximate surface area is 110 Å². The van der Waals surface area contributed by atoms with Gasteiger partial charge >= 0.3 is 0 Å². The molecule has 0 saturated carbocycles. The highest BCUT2D eigenvalue weighted by atomic mass is 35.5. The smallest absolute Gasteiger partial charge is 0.142 e. The summed E-state index contributed by atoms with van der Waals surface area (Å²) in [6, 6.07) is 10.8. The van der Waals surface area contributed by atoms with Crippen LogP contribution in [0.15, 0.2) is 36.5 Å². The summed E-state index contributed by atoms with van der Waals surface area (Å²) in [5.74, 6) is 0.594. The third-order valence-corrected chi connectivity index (χ3v) is 2.63. The van der Waals surface area contributed by atoms with Crippen molar-refractivity contribution in [1.82, 2.24) is 4.98 Å². The molecule has 0 aliphatic heterocycles. The fraction of sp³-hybridized carbons (Fsp3) is 0.0769. The molecule has 2 aromatic rings. The second-order valence-corrected chi connectivity index (χ2v) is 3.92. The number of nitrogens with zero attached hydrogens (tertiary/aromatic N) is 2. The number of halogens is 1. The Morgan fingerprint density at radius 2 is 2.06 bits per heavy atom. The molecule has 5 heteroatoms. The molecule has 1 N–H and O–H groups in total. The summed E-state index contributed by atoms with van der Waals surface area (Å²) >= 11 is 5.94. The SMILES string of the molecule is COc1cc(Nc2ccnc(C#N)c2)ccc1Cl. The third kappa shape index (κ3) is 2.70. The van der Waals surface area contributed by atoms with Gasteiger partial charge in [-0.1, -0.05) is 11.6 Å². The van der Waals surface area contributed by atoms with Crippen molar-refractivity contribution in [1.29, 1.82) is 5.26 Å². The van der Waals surface area contributed by atoms with Crippen molar-refractivity contribution in [3.63, 3.8) is 0 Å². The number of hydrogen-bond acceptors (Lipinski definition) is 4. The van der Waals surface area contributed by atoms with Crippen LogP contribution < -0.4 is 10.1 Å². The van der Waals surface area contributed by atoms with Crippen LogP contribution in [0.1, 0.15) is 5.69 Å². The monoisotopic (exact) mass is 259 g/mol. The lowest BCUT2D eigenvalue weighted by Gasteiger charge is -2.09. The molecule has 1 aromatic heterocycles. The predicted octanol–water partition coefficient (Wildman–Crippen LogP) is 3.36. The second kappa shape index (κ2) is 5.39. The van der Waals surface area contributed by atoms with E-state index in [1.807, 2.05) is 12.1 Å². The molecule has 4 nitrogen and oxygen atoms in total. The van der Waals surface area contributed by atoms with Gasteiger partial charge in [0.1, 0.15) is 17.5 Å². The lowest BCUT2D eigenvalue weighted by atomic mass is 10.2. The van der Waals surface area contributed by atoms with Crippen molar-refractivity contribution in [2.24, 2.45) is 0 Å². The van der Waals surface area contributed by atoms with Gasteiger partial charge in [0, 0.05) is 23.6 Å². The number of anilines is 2. The lowest BCUT2D eigenvalue weighted by Crippen LogP contribution is -1.93. The molecule has 0 radical (unpaired) electrons. The molecule has 18 heavy (non-hydrogen) atoms. The maximum Gasteiger partial charge on any atom is 0.142 e. The van der Waals surface area contributed by atoms with Crippen molar-refractivity contribution in [3.05, 3.63) is 47.2 Å². The summed E-state index contributed by atoms with van der Waals surface area (Å²) < 4.78 is 5.13. The van der Waals surface area contributed by atoms with E-state index in [4.69, 9.17) is 21.6 Å². The highest BCUT2D eigenvalue weighted by Gasteiger charge is 2.03. The number of hydrogen-bond donors (Lipinski definition) is 1. The van der Waals surface area contributed by atoms with Gasteiger partial charge in [-0.05, 0) is 24.3 Å². The molecule has 0 atom stereocenters. The minimum Gasteiger partial charge on any atom is -0.495 e. The molecule has 2 rings (SSSR count). The molecular weight excluding hydrogens is 250 g/mol. The van der Waals surface area contributed by atoms with Gasteiger partial charge in [-0.3, -0.25) is 0 Å². The van der Waals surface area contributed by atoms with E-state index in [9.17, 15) is 0 Å². The Balaban J connectivity index is 2.26. The number of ether oxygens (including phenoxy) is 1. The molecular formula is C13H10ClN3O. The molecule has 0 unspecified atom stereocenters. The Bertz CT molecular complexity index is 607. The van der Waals surface area contributed by atoms with Gasteiger partial charge in [0.05, 0.1) is 12.1 Å². The zero-order valence-corrected chi connectivity index (χ0v) is 10.4. The molecule has 0 spiro atoms. The Hall–Kier alpha value is -2.25. The fourth-order valence-corrected chi connectivity index (χ4v) is 1.67. The number of nitriles is 1. The average molecular weight is 260 g/mol. The fourth-order valence-electron chi connectivity index (χ4n) is 1.47. The van der Waals surface area contributed by atoms with Gasteiger partial charge < -0.3 is 10.1 Å². The van der Waals surface area contributed by atoms with Crippen molar-refractivity contribution in [2.75, 3.05) is 12.4 Å². The number of methoxy groups -OCH3 is 1. The van der Waals surface area contributed by atoms with Crippen LogP contribution in [0.25, 0.3) is 0 Å². The standard InChI is InChI=1S/C13H10ClN3O/c1-18-13-7-9(2-3-12(13)14)17-10-4-5-16-11(6-10)8-15/h2-7H,1H3,(H,16,17). The zero-order chi connectivity index (χ0) is 13.0. The first-order valence-electron chi connectivity index (χ1n) is 5.19. The van der Waals surface area contributed by atoms with Crippen molar-refractivity contribution in [3.8, 4) is 11.8 Å². The van der Waals surface area contributed by atoms with E-state index < -0.39 is 0 Å². The van der Waals surface area contributed by atoms with Gasteiger partial charge in [-0.15, -0.1) is 0 Å². The van der Waals surface area contributed by atoms with E-state index in [2.05, 4.69) is 10.3 Å². The van der Waals surface area contributed by atoms with E-state index in [1.165, 1.54) is 0 Å². The molecule has 0 aliphatic carbocycles. The van der Waals surface area contributed by atoms with Gasteiger partial charge in [-0.2, -0.15) is 5.26 Å². The van der Waals surface area contributed by atoms with Crippen molar-refractivity contribution < 1.29 is 4.74 Å². The van der Waals surface area contributed by atoms with Gasteiger partial charge in [0.25, 0.3) is 0 Å². The quantitative estimate of drug-likeness (QED) is 0.918. The number of nitrogens with one attached hydrogen (secondary N) is 1. The van der Waals surface area contributed by atoms with Crippen LogP contribution >= 0.6 is 11.6 Å². The molecule has 1 heterocycles. The van der Waals surface area contributed by atoms with E-state index in [-0.39, 0.29) is 0 Å². The summed E-state index contributed by atoms with van der Waals surface area (Å²) in [7, 11) is 1.56. The van der Waals surface area contributed by atoms with E-state index >= 15 is 0 Å². The van der Waals surface area contributed by atoms with E-state index in [0.29, 0.717) is 16.5 Å². The number of rotatable bonds is 3. The van der Waals surface area contributed by atoms with Crippen molar-refractivity contribution in [2.45, 2.75) is 0 Å². The first-order chi connectivity index (χ1) is 8.72. The summed E-state index contributed by atoms with van der Waals surface area (Å²) in [6.07, 6.45) is 1.58. The first kappa shape index (κ1) is 12.2. The van der Waals surface area contributed by atoms with Crippen LogP contribution in [0.2, 0.25) is 5.02 Å². The maximum atomic E-state index is 8.77. The Kier molecular flexibility index (Phi) is 3.66. The summed E-state index contributed by atoms with van der Waals surface area (Å²) in [6.45, 7) is 0. The molecule has 90 valence electrons. The lowest BCUT2D eigenvalue weighted by molar-refractivity contribution is 0.415. The molecule has 1 aromatic carbocycles. The molecule has 0 aliphatic rings. The second-order valence-electron chi connectivity index (χ2n) is 3.52. The van der Waals surface area contributed by atoms with Crippen LogP contribution in [0.4, 0.5) is 11.4 Å². The Morgan fingerprint density at radius 3 is 2.78 bits per heavy atom. The maximum absolute atomic E-state index is 8.77. The highest BCUT2D eigenvalue weighted by molar-refractivity contribution is 6.32. The molecule has 0 saturated heterocycles.